The van der Waals surface area contributed by atoms with E-state index in [4.69, 9.17) is 0 Å². The van der Waals surface area contributed by atoms with Gasteiger partial charge in [0, 0.05) is 30.1 Å². The molecule has 1 aliphatic heterocycles. The number of rotatable bonds is 7. The summed E-state index contributed by atoms with van der Waals surface area (Å²) in [5.41, 5.74) is 1.51. The van der Waals surface area contributed by atoms with Crippen LogP contribution in [0, 0.1) is 0 Å². The van der Waals surface area contributed by atoms with Gasteiger partial charge in [0.05, 0.1) is 4.90 Å². The van der Waals surface area contributed by atoms with Crippen LogP contribution in [-0.4, -0.2) is 34.0 Å². The molecule has 0 atom stereocenters. The highest BCUT2D eigenvalue weighted by atomic mass is 32.2. The molecule has 0 bridgehead atoms. The maximum absolute atomic E-state index is 12.5. The molecule has 2 heterocycles. The number of nitrogens with one attached hydrogen (secondary N) is 3. The Kier molecular flexibility index (Phi) is 6.20. The number of carbonyl (C=O) groups excluding carboxylic acids is 1. The lowest BCUT2D eigenvalue weighted by Gasteiger charge is -2.14. The molecule has 8 heteroatoms. The molecule has 138 valence electrons. The zero-order chi connectivity index (χ0) is 18.4. The molecular weight excluding hydrogens is 370 g/mol. The summed E-state index contributed by atoms with van der Waals surface area (Å²) in [4.78, 5) is 13.4. The highest BCUT2D eigenvalue weighted by molar-refractivity contribution is 7.89. The number of amides is 1. The molecule has 0 spiro atoms. The topological polar surface area (TPSA) is 87.3 Å². The van der Waals surface area contributed by atoms with Crippen molar-refractivity contribution in [1.29, 1.82) is 0 Å². The van der Waals surface area contributed by atoms with Crippen molar-refractivity contribution in [2.75, 3.05) is 19.6 Å². The van der Waals surface area contributed by atoms with Gasteiger partial charge in [0.25, 0.3) is 5.91 Å². The van der Waals surface area contributed by atoms with Gasteiger partial charge in [-0.2, -0.15) is 0 Å². The lowest BCUT2D eigenvalue weighted by molar-refractivity contribution is 0.0956. The van der Waals surface area contributed by atoms with Gasteiger partial charge in [0.1, 0.15) is 0 Å². The molecule has 1 aromatic heterocycles. The highest BCUT2D eigenvalue weighted by Crippen LogP contribution is 2.14. The van der Waals surface area contributed by atoms with Gasteiger partial charge in [0.2, 0.25) is 10.0 Å². The maximum atomic E-state index is 12.5. The van der Waals surface area contributed by atoms with E-state index < -0.39 is 10.0 Å². The number of benzene rings is 1. The largest absolute Gasteiger partial charge is 0.348 e. The quantitative estimate of drug-likeness (QED) is 0.629. The Bertz CT molecular complexity index is 890. The average Bonchev–Trinajstić information content (AvgIpc) is 3.19. The van der Waals surface area contributed by atoms with Crippen molar-refractivity contribution in [1.82, 2.24) is 15.4 Å². The smallest absolute Gasteiger partial charge is 0.251 e. The molecule has 3 rings (SSSR count). The van der Waals surface area contributed by atoms with Crippen molar-refractivity contribution in [3.63, 3.8) is 0 Å². The van der Waals surface area contributed by atoms with E-state index in [2.05, 4.69) is 21.4 Å². The number of sulfonamides is 1. The molecule has 0 saturated carbocycles. The van der Waals surface area contributed by atoms with E-state index in [0.717, 1.165) is 24.4 Å². The van der Waals surface area contributed by atoms with Crippen LogP contribution in [0.25, 0.3) is 0 Å². The first-order valence-corrected chi connectivity index (χ1v) is 10.7. The molecule has 0 aliphatic carbocycles. The predicted molar refractivity (Wildman–Crippen MR) is 103 cm³/mol. The van der Waals surface area contributed by atoms with E-state index in [1.165, 1.54) is 29.0 Å². The lowest BCUT2D eigenvalue weighted by atomic mass is 10.1. The Labute approximate surface area is 157 Å². The van der Waals surface area contributed by atoms with Gasteiger partial charge in [-0.3, -0.25) is 4.79 Å². The number of thiophene rings is 1. The molecule has 1 aliphatic rings. The zero-order valence-electron chi connectivity index (χ0n) is 14.2. The molecule has 1 aromatic carbocycles. The Balaban J connectivity index is 1.64. The van der Waals surface area contributed by atoms with Crippen LogP contribution >= 0.6 is 11.3 Å². The lowest BCUT2D eigenvalue weighted by Crippen LogP contribution is -2.30. The number of carbonyl (C=O) groups is 1. The van der Waals surface area contributed by atoms with E-state index >= 15 is 0 Å². The third-order valence-electron chi connectivity index (χ3n) is 4.06. The second-order valence-electron chi connectivity index (χ2n) is 5.93. The summed E-state index contributed by atoms with van der Waals surface area (Å²) in [6.07, 6.45) is 2.97. The fourth-order valence-corrected chi connectivity index (χ4v) is 4.38. The average molecular weight is 392 g/mol. The van der Waals surface area contributed by atoms with Crippen LogP contribution < -0.4 is 15.4 Å². The first-order valence-electron chi connectivity index (χ1n) is 8.33. The molecule has 0 radical (unpaired) electrons. The Morgan fingerprint density at radius 3 is 2.81 bits per heavy atom. The Hall–Kier alpha value is -2.00. The van der Waals surface area contributed by atoms with E-state index in [1.807, 2.05) is 17.5 Å². The van der Waals surface area contributed by atoms with Crippen molar-refractivity contribution in [2.24, 2.45) is 0 Å². The molecule has 2 aromatic rings. The molecule has 6 nitrogen and oxygen atoms in total. The minimum absolute atomic E-state index is 0.0859. The van der Waals surface area contributed by atoms with Gasteiger partial charge >= 0.3 is 0 Å². The van der Waals surface area contributed by atoms with Crippen LogP contribution in [0.15, 0.2) is 58.3 Å². The van der Waals surface area contributed by atoms with Crippen molar-refractivity contribution >= 4 is 27.3 Å². The first kappa shape index (κ1) is 18.8. The minimum atomic E-state index is -3.67. The predicted octanol–water partition coefficient (Wildman–Crippen LogP) is 1.88. The summed E-state index contributed by atoms with van der Waals surface area (Å²) in [5.74, 6) is -0.278. The van der Waals surface area contributed by atoms with Crippen molar-refractivity contribution in [2.45, 2.75) is 17.9 Å². The van der Waals surface area contributed by atoms with Gasteiger partial charge < -0.3 is 10.6 Å². The molecule has 3 N–H and O–H groups in total. The standard InChI is InChI=1S/C18H21N3O3S2/c22-18(20-12-14-6-8-19-9-7-14)15-3-1-5-17(11-15)26(23,24)21-13-16-4-2-10-25-16/h1-6,10-11,19,21H,7-9,12-13H2,(H,20,22). The minimum Gasteiger partial charge on any atom is -0.348 e. The molecule has 0 fully saturated rings. The zero-order valence-corrected chi connectivity index (χ0v) is 15.8. The van der Waals surface area contributed by atoms with E-state index in [-0.39, 0.29) is 17.3 Å². The Morgan fingerprint density at radius 1 is 1.19 bits per heavy atom. The summed E-state index contributed by atoms with van der Waals surface area (Å²) in [6, 6.07) is 9.83. The van der Waals surface area contributed by atoms with Crippen LogP contribution in [0.5, 0.6) is 0 Å². The second-order valence-corrected chi connectivity index (χ2v) is 8.73. The highest BCUT2D eigenvalue weighted by Gasteiger charge is 2.16. The second kappa shape index (κ2) is 8.59. The van der Waals surface area contributed by atoms with Crippen LogP contribution in [0.2, 0.25) is 0 Å². The van der Waals surface area contributed by atoms with Gasteiger partial charge in [-0.15, -0.1) is 11.3 Å². The molecular formula is C18H21N3O3S2. The van der Waals surface area contributed by atoms with Gasteiger partial charge in [-0.05, 0) is 42.6 Å². The molecule has 26 heavy (non-hydrogen) atoms. The SMILES string of the molecule is O=C(NCC1=CCNCC1)c1cccc(S(=O)(=O)NCc2cccs2)c1. The van der Waals surface area contributed by atoms with Crippen LogP contribution in [0.3, 0.4) is 0 Å². The van der Waals surface area contributed by atoms with Crippen molar-refractivity contribution in [3.8, 4) is 0 Å². The van der Waals surface area contributed by atoms with Crippen LogP contribution in [-0.2, 0) is 16.6 Å². The fraction of sp³-hybridized carbons (Fsp3) is 0.278. The third-order valence-corrected chi connectivity index (χ3v) is 6.33. The Morgan fingerprint density at radius 2 is 2.08 bits per heavy atom. The number of hydrogen-bond donors (Lipinski definition) is 3. The molecule has 0 unspecified atom stereocenters. The maximum Gasteiger partial charge on any atom is 0.251 e. The normalized spacial score (nSPS) is 14.7. The van der Waals surface area contributed by atoms with Gasteiger partial charge in [0.15, 0.2) is 0 Å². The summed E-state index contributed by atoms with van der Waals surface area (Å²) < 4.78 is 27.5. The van der Waals surface area contributed by atoms with Crippen molar-refractivity contribution < 1.29 is 13.2 Å². The van der Waals surface area contributed by atoms with Crippen molar-refractivity contribution in [3.05, 3.63) is 63.9 Å². The monoisotopic (exact) mass is 391 g/mol. The third kappa shape index (κ3) is 5.01. The van der Waals surface area contributed by atoms with E-state index in [0.29, 0.717) is 12.1 Å². The fourth-order valence-electron chi connectivity index (χ4n) is 2.59. The summed E-state index contributed by atoms with van der Waals surface area (Å²) in [6.45, 7) is 2.44. The number of hydrogen-bond acceptors (Lipinski definition) is 5. The molecule has 1 amide bonds. The molecule has 0 saturated heterocycles. The van der Waals surface area contributed by atoms with E-state index in [1.54, 1.807) is 12.1 Å². The summed E-state index contributed by atoms with van der Waals surface area (Å²) in [5, 5.41) is 7.97. The van der Waals surface area contributed by atoms with Crippen LogP contribution in [0.4, 0.5) is 0 Å². The van der Waals surface area contributed by atoms with Gasteiger partial charge in [-0.1, -0.05) is 23.8 Å². The van der Waals surface area contributed by atoms with Crippen LogP contribution in [0.1, 0.15) is 21.7 Å². The first-order chi connectivity index (χ1) is 12.5. The van der Waals surface area contributed by atoms with Gasteiger partial charge in [-0.25, -0.2) is 13.1 Å². The summed E-state index contributed by atoms with van der Waals surface area (Å²) >= 11 is 1.49. The summed E-state index contributed by atoms with van der Waals surface area (Å²) in [7, 11) is -3.67. The van der Waals surface area contributed by atoms with E-state index in [9.17, 15) is 13.2 Å².